The summed E-state index contributed by atoms with van der Waals surface area (Å²) in [5.74, 6) is -0.567. The van der Waals surface area contributed by atoms with Crippen molar-refractivity contribution in [1.29, 1.82) is 0 Å². The van der Waals surface area contributed by atoms with E-state index in [2.05, 4.69) is 26.6 Å². The number of carbonyl (C=O) groups is 2. The van der Waals surface area contributed by atoms with Gasteiger partial charge in [-0.05, 0) is 43.3 Å². The molecule has 1 heterocycles. The van der Waals surface area contributed by atoms with Gasteiger partial charge < -0.3 is 15.1 Å². The maximum Gasteiger partial charge on any atom is 0.288 e. The van der Waals surface area contributed by atoms with Crippen LogP contribution in [0.2, 0.25) is 0 Å². The third-order valence-corrected chi connectivity index (χ3v) is 4.30. The van der Waals surface area contributed by atoms with Gasteiger partial charge in [-0.25, -0.2) is 0 Å². The normalized spacial score (nSPS) is 11.6. The predicted octanol–water partition coefficient (Wildman–Crippen LogP) is 4.40. The highest BCUT2D eigenvalue weighted by Crippen LogP contribution is 2.16. The lowest BCUT2D eigenvalue weighted by Gasteiger charge is -2.20. The van der Waals surface area contributed by atoms with Crippen LogP contribution in [0.15, 0.2) is 75.8 Å². The van der Waals surface area contributed by atoms with Crippen LogP contribution in [0.3, 0.4) is 0 Å². The van der Waals surface area contributed by atoms with E-state index in [0.717, 1.165) is 10.0 Å². The van der Waals surface area contributed by atoms with E-state index in [1.807, 2.05) is 43.3 Å². The van der Waals surface area contributed by atoms with Crippen LogP contribution < -0.4 is 10.6 Å². The van der Waals surface area contributed by atoms with Crippen LogP contribution in [0, 0.1) is 6.92 Å². The standard InChI is InChI=1S/C20H17BrN2O3/c1-13-4-6-14(7-5-13)18(24)19(22-16-10-8-15(21)9-11-16)23-20(25)17-3-2-12-26-17/h2-12,19,22H,1H3,(H,23,25). The zero-order valence-electron chi connectivity index (χ0n) is 14.0. The lowest BCUT2D eigenvalue weighted by molar-refractivity contribution is 0.0853. The van der Waals surface area contributed by atoms with Gasteiger partial charge in [-0.3, -0.25) is 9.59 Å². The number of hydrogen-bond acceptors (Lipinski definition) is 4. The molecule has 2 N–H and O–H groups in total. The first kappa shape index (κ1) is 17.9. The summed E-state index contributed by atoms with van der Waals surface area (Å²) in [5, 5.41) is 5.76. The summed E-state index contributed by atoms with van der Waals surface area (Å²) in [5.41, 5.74) is 2.27. The van der Waals surface area contributed by atoms with Crippen molar-refractivity contribution in [2.45, 2.75) is 13.1 Å². The van der Waals surface area contributed by atoms with E-state index in [0.29, 0.717) is 11.3 Å². The molecular formula is C20H17BrN2O3. The Morgan fingerprint density at radius 1 is 1.00 bits per heavy atom. The van der Waals surface area contributed by atoms with E-state index in [1.54, 1.807) is 24.3 Å². The number of benzene rings is 2. The number of aryl methyl sites for hydroxylation is 1. The van der Waals surface area contributed by atoms with E-state index < -0.39 is 12.1 Å². The number of anilines is 1. The Balaban J connectivity index is 1.84. The van der Waals surface area contributed by atoms with Crippen LogP contribution in [0.4, 0.5) is 5.69 Å². The van der Waals surface area contributed by atoms with Crippen molar-refractivity contribution >= 4 is 33.3 Å². The average molecular weight is 413 g/mol. The van der Waals surface area contributed by atoms with Crippen molar-refractivity contribution in [3.05, 3.63) is 88.3 Å². The summed E-state index contributed by atoms with van der Waals surface area (Å²) in [4.78, 5) is 25.3. The van der Waals surface area contributed by atoms with E-state index >= 15 is 0 Å². The minimum Gasteiger partial charge on any atom is -0.459 e. The van der Waals surface area contributed by atoms with Crippen molar-refractivity contribution in [3.8, 4) is 0 Å². The highest BCUT2D eigenvalue weighted by molar-refractivity contribution is 9.10. The second kappa shape index (κ2) is 8.01. The SMILES string of the molecule is Cc1ccc(C(=O)C(NC(=O)c2ccco2)Nc2ccc(Br)cc2)cc1. The summed E-state index contributed by atoms with van der Waals surface area (Å²) in [6.07, 6.45) is 0.477. The molecule has 0 saturated carbocycles. The first-order valence-corrected chi connectivity index (χ1v) is 8.79. The molecule has 132 valence electrons. The Morgan fingerprint density at radius 2 is 1.69 bits per heavy atom. The molecular weight excluding hydrogens is 396 g/mol. The van der Waals surface area contributed by atoms with Crippen LogP contribution in [-0.2, 0) is 0 Å². The quantitative estimate of drug-likeness (QED) is 0.464. The third-order valence-electron chi connectivity index (χ3n) is 3.77. The highest BCUT2D eigenvalue weighted by Gasteiger charge is 2.23. The van der Waals surface area contributed by atoms with E-state index in [1.165, 1.54) is 6.26 Å². The first-order chi connectivity index (χ1) is 12.5. The summed E-state index contributed by atoms with van der Waals surface area (Å²) in [7, 11) is 0. The molecule has 0 aliphatic heterocycles. The van der Waals surface area contributed by atoms with E-state index in [4.69, 9.17) is 4.42 Å². The second-order valence-electron chi connectivity index (χ2n) is 5.77. The smallest absolute Gasteiger partial charge is 0.288 e. The average Bonchev–Trinajstić information content (AvgIpc) is 3.18. The molecule has 1 amide bonds. The molecule has 0 aliphatic carbocycles. The van der Waals surface area contributed by atoms with Crippen LogP contribution >= 0.6 is 15.9 Å². The van der Waals surface area contributed by atoms with Crippen molar-refractivity contribution in [1.82, 2.24) is 5.32 Å². The molecule has 5 nitrogen and oxygen atoms in total. The summed E-state index contributed by atoms with van der Waals surface area (Å²) in [6, 6.07) is 17.7. The molecule has 2 aromatic carbocycles. The van der Waals surface area contributed by atoms with Gasteiger partial charge in [-0.2, -0.15) is 0 Å². The zero-order valence-corrected chi connectivity index (χ0v) is 15.6. The monoisotopic (exact) mass is 412 g/mol. The van der Waals surface area contributed by atoms with Crippen LogP contribution in [0.1, 0.15) is 26.5 Å². The van der Waals surface area contributed by atoms with Gasteiger partial charge in [0.1, 0.15) is 0 Å². The number of hydrogen-bond donors (Lipinski definition) is 2. The van der Waals surface area contributed by atoms with Crippen molar-refractivity contribution in [2.75, 3.05) is 5.32 Å². The molecule has 0 fully saturated rings. The first-order valence-electron chi connectivity index (χ1n) is 8.00. The maximum atomic E-state index is 12.9. The second-order valence-corrected chi connectivity index (χ2v) is 6.68. The Bertz CT molecular complexity index is 888. The van der Waals surface area contributed by atoms with Gasteiger partial charge in [0, 0.05) is 15.7 Å². The molecule has 0 saturated heterocycles. The number of carbonyl (C=O) groups excluding carboxylic acids is 2. The minimum atomic E-state index is -0.934. The minimum absolute atomic E-state index is 0.143. The number of Topliss-reactive ketones (excluding diaryl/α,β-unsaturated/α-hetero) is 1. The molecule has 3 rings (SSSR count). The Kier molecular flexibility index (Phi) is 5.53. The summed E-state index contributed by atoms with van der Waals surface area (Å²) in [6.45, 7) is 1.95. The fourth-order valence-electron chi connectivity index (χ4n) is 2.37. The number of nitrogens with one attached hydrogen (secondary N) is 2. The predicted molar refractivity (Wildman–Crippen MR) is 103 cm³/mol. The van der Waals surface area contributed by atoms with Gasteiger partial charge in [-0.1, -0.05) is 45.8 Å². The highest BCUT2D eigenvalue weighted by atomic mass is 79.9. The van der Waals surface area contributed by atoms with Crippen molar-refractivity contribution in [3.63, 3.8) is 0 Å². The molecule has 1 aromatic heterocycles. The number of furan rings is 1. The van der Waals surface area contributed by atoms with Gasteiger partial charge >= 0.3 is 0 Å². The molecule has 0 bridgehead atoms. The fourth-order valence-corrected chi connectivity index (χ4v) is 2.64. The summed E-state index contributed by atoms with van der Waals surface area (Å²) >= 11 is 3.37. The van der Waals surface area contributed by atoms with Gasteiger partial charge in [-0.15, -0.1) is 0 Å². The fraction of sp³-hybridized carbons (Fsp3) is 0.100. The van der Waals surface area contributed by atoms with Crippen LogP contribution in [0.25, 0.3) is 0 Å². The number of rotatable bonds is 6. The van der Waals surface area contributed by atoms with Gasteiger partial charge in [0.25, 0.3) is 5.91 Å². The van der Waals surface area contributed by atoms with E-state index in [-0.39, 0.29) is 11.5 Å². The number of amides is 1. The van der Waals surface area contributed by atoms with Crippen molar-refractivity contribution in [2.24, 2.45) is 0 Å². The van der Waals surface area contributed by atoms with Crippen LogP contribution in [-0.4, -0.2) is 17.9 Å². The Morgan fingerprint density at radius 3 is 2.31 bits per heavy atom. The topological polar surface area (TPSA) is 71.3 Å². The van der Waals surface area contributed by atoms with Gasteiger partial charge in [0.15, 0.2) is 11.9 Å². The molecule has 3 aromatic rings. The Labute approximate surface area is 159 Å². The molecule has 6 heteroatoms. The number of halogens is 1. The molecule has 1 unspecified atom stereocenters. The zero-order chi connectivity index (χ0) is 18.5. The maximum absolute atomic E-state index is 12.9. The molecule has 0 spiro atoms. The largest absolute Gasteiger partial charge is 0.459 e. The summed E-state index contributed by atoms with van der Waals surface area (Å²) < 4.78 is 6.03. The van der Waals surface area contributed by atoms with E-state index in [9.17, 15) is 9.59 Å². The number of ketones is 1. The Hall–Kier alpha value is -2.86. The molecule has 26 heavy (non-hydrogen) atoms. The molecule has 1 atom stereocenters. The lowest BCUT2D eigenvalue weighted by Crippen LogP contribution is -2.46. The molecule has 0 aliphatic rings. The van der Waals surface area contributed by atoms with Crippen LogP contribution in [0.5, 0.6) is 0 Å². The van der Waals surface area contributed by atoms with Gasteiger partial charge in [0.05, 0.1) is 6.26 Å². The van der Waals surface area contributed by atoms with Crippen molar-refractivity contribution < 1.29 is 14.0 Å². The van der Waals surface area contributed by atoms with Gasteiger partial charge in [0.2, 0.25) is 5.78 Å². The third kappa shape index (κ3) is 4.40. The lowest BCUT2D eigenvalue weighted by atomic mass is 10.1. The molecule has 0 radical (unpaired) electrons.